The minimum atomic E-state index is -0.295. The van der Waals surface area contributed by atoms with Crippen LogP contribution in [0, 0.1) is 6.92 Å². The summed E-state index contributed by atoms with van der Waals surface area (Å²) in [5.74, 6) is 1.22. The van der Waals surface area contributed by atoms with Crippen LogP contribution in [-0.4, -0.2) is 38.1 Å². The van der Waals surface area contributed by atoms with Crippen LogP contribution < -0.4 is 9.47 Å². The molecule has 1 aromatic carbocycles. The van der Waals surface area contributed by atoms with E-state index in [0.29, 0.717) is 12.4 Å². The topological polar surface area (TPSA) is 38.8 Å². The molecule has 0 saturated heterocycles. The quantitative estimate of drug-likeness (QED) is 0.568. The first kappa shape index (κ1) is 16.5. The second kappa shape index (κ2) is 7.90. The van der Waals surface area contributed by atoms with Gasteiger partial charge in [-0.15, -0.1) is 0 Å². The van der Waals surface area contributed by atoms with Crippen molar-refractivity contribution >= 4 is 5.97 Å². The standard InChI is InChI=1S/C16H25NO3/c1-6-7-14-11-15(20-13(3)18)12(2)10-16(14)19-9-8-17(4)5/h10-11H,6-9H2,1-5H3. The van der Waals surface area contributed by atoms with Crippen LogP contribution in [0.2, 0.25) is 0 Å². The van der Waals surface area contributed by atoms with Crippen molar-refractivity contribution in [2.45, 2.75) is 33.6 Å². The molecule has 4 nitrogen and oxygen atoms in total. The van der Waals surface area contributed by atoms with Gasteiger partial charge in [0.1, 0.15) is 18.1 Å². The lowest BCUT2D eigenvalue weighted by Gasteiger charge is -2.16. The molecule has 0 saturated carbocycles. The number of carbonyl (C=O) groups excluding carboxylic acids is 1. The Kier molecular flexibility index (Phi) is 6.52. The first-order valence-corrected chi connectivity index (χ1v) is 7.03. The van der Waals surface area contributed by atoms with Crippen molar-refractivity contribution in [1.82, 2.24) is 4.90 Å². The third kappa shape index (κ3) is 5.21. The highest BCUT2D eigenvalue weighted by Crippen LogP contribution is 2.29. The molecule has 20 heavy (non-hydrogen) atoms. The molecule has 0 amide bonds. The lowest BCUT2D eigenvalue weighted by Crippen LogP contribution is -2.19. The molecule has 0 aliphatic heterocycles. The molecule has 0 aliphatic rings. The first-order valence-electron chi connectivity index (χ1n) is 7.03. The van der Waals surface area contributed by atoms with E-state index in [2.05, 4.69) is 11.8 Å². The number of rotatable bonds is 7. The maximum atomic E-state index is 11.1. The number of benzene rings is 1. The average molecular weight is 279 g/mol. The summed E-state index contributed by atoms with van der Waals surface area (Å²) in [5.41, 5.74) is 2.01. The molecule has 0 aromatic heterocycles. The van der Waals surface area contributed by atoms with Crippen LogP contribution in [0.25, 0.3) is 0 Å². The summed E-state index contributed by atoms with van der Waals surface area (Å²) >= 11 is 0. The van der Waals surface area contributed by atoms with Crippen molar-refractivity contribution in [3.63, 3.8) is 0 Å². The fraction of sp³-hybridized carbons (Fsp3) is 0.562. The highest BCUT2D eigenvalue weighted by molar-refractivity contribution is 5.70. The van der Waals surface area contributed by atoms with Crippen LogP contribution in [-0.2, 0) is 11.2 Å². The Morgan fingerprint density at radius 3 is 2.50 bits per heavy atom. The van der Waals surface area contributed by atoms with Gasteiger partial charge < -0.3 is 14.4 Å². The van der Waals surface area contributed by atoms with Crippen molar-refractivity contribution in [3.05, 3.63) is 23.3 Å². The summed E-state index contributed by atoms with van der Waals surface area (Å²) in [4.78, 5) is 13.2. The Labute approximate surface area is 121 Å². The van der Waals surface area contributed by atoms with E-state index in [4.69, 9.17) is 9.47 Å². The highest BCUT2D eigenvalue weighted by Gasteiger charge is 2.11. The van der Waals surface area contributed by atoms with Gasteiger partial charge in [0, 0.05) is 13.5 Å². The molecule has 1 aromatic rings. The van der Waals surface area contributed by atoms with Gasteiger partial charge in [-0.2, -0.15) is 0 Å². The Morgan fingerprint density at radius 1 is 1.25 bits per heavy atom. The first-order chi connectivity index (χ1) is 9.43. The zero-order valence-electron chi connectivity index (χ0n) is 13.2. The normalized spacial score (nSPS) is 10.7. The van der Waals surface area contributed by atoms with Crippen LogP contribution >= 0.6 is 0 Å². The van der Waals surface area contributed by atoms with E-state index in [0.717, 1.165) is 36.3 Å². The van der Waals surface area contributed by atoms with E-state index in [1.54, 1.807) is 0 Å². The monoisotopic (exact) mass is 279 g/mol. The van der Waals surface area contributed by atoms with Gasteiger partial charge >= 0.3 is 5.97 Å². The molecule has 0 aliphatic carbocycles. The molecule has 0 radical (unpaired) electrons. The number of aryl methyl sites for hydroxylation is 2. The van der Waals surface area contributed by atoms with Crippen molar-refractivity contribution in [2.24, 2.45) is 0 Å². The molecule has 0 unspecified atom stereocenters. The van der Waals surface area contributed by atoms with Gasteiger partial charge in [-0.05, 0) is 50.7 Å². The maximum absolute atomic E-state index is 11.1. The molecule has 0 bridgehead atoms. The van der Waals surface area contributed by atoms with Crippen LogP contribution in [0.3, 0.4) is 0 Å². The van der Waals surface area contributed by atoms with Gasteiger partial charge in [-0.1, -0.05) is 13.3 Å². The number of nitrogens with zero attached hydrogens (tertiary/aromatic N) is 1. The minimum Gasteiger partial charge on any atom is -0.492 e. The average Bonchev–Trinajstić information content (AvgIpc) is 2.33. The van der Waals surface area contributed by atoms with E-state index in [1.807, 2.05) is 33.2 Å². The molecular weight excluding hydrogens is 254 g/mol. The molecule has 0 fully saturated rings. The number of hydrogen-bond acceptors (Lipinski definition) is 4. The number of ether oxygens (including phenoxy) is 2. The Balaban J connectivity index is 2.91. The molecule has 1 rings (SSSR count). The Bertz CT molecular complexity index is 455. The molecule has 4 heteroatoms. The van der Waals surface area contributed by atoms with Gasteiger partial charge in [0.25, 0.3) is 0 Å². The number of esters is 1. The number of hydrogen-bond donors (Lipinski definition) is 0. The third-order valence-corrected chi connectivity index (χ3v) is 2.93. The number of carbonyl (C=O) groups is 1. The zero-order chi connectivity index (χ0) is 15.1. The van der Waals surface area contributed by atoms with E-state index in [-0.39, 0.29) is 5.97 Å². The summed E-state index contributed by atoms with van der Waals surface area (Å²) in [5, 5.41) is 0. The summed E-state index contributed by atoms with van der Waals surface area (Å²) in [6.45, 7) is 6.98. The van der Waals surface area contributed by atoms with Crippen molar-refractivity contribution in [2.75, 3.05) is 27.2 Å². The van der Waals surface area contributed by atoms with Crippen molar-refractivity contribution in [1.29, 1.82) is 0 Å². The van der Waals surface area contributed by atoms with E-state index in [1.165, 1.54) is 6.92 Å². The Hall–Kier alpha value is -1.55. The smallest absolute Gasteiger partial charge is 0.308 e. The van der Waals surface area contributed by atoms with E-state index in [9.17, 15) is 4.79 Å². The molecule has 0 atom stereocenters. The minimum absolute atomic E-state index is 0.295. The van der Waals surface area contributed by atoms with Gasteiger partial charge in [0.15, 0.2) is 0 Å². The molecule has 112 valence electrons. The zero-order valence-corrected chi connectivity index (χ0v) is 13.2. The van der Waals surface area contributed by atoms with Crippen LogP contribution in [0.4, 0.5) is 0 Å². The van der Waals surface area contributed by atoms with Crippen LogP contribution in [0.15, 0.2) is 12.1 Å². The summed E-state index contributed by atoms with van der Waals surface area (Å²) in [6, 6.07) is 3.88. The highest BCUT2D eigenvalue weighted by atomic mass is 16.5. The molecular formula is C16H25NO3. The SMILES string of the molecule is CCCc1cc(OC(C)=O)c(C)cc1OCCN(C)C. The lowest BCUT2D eigenvalue weighted by molar-refractivity contribution is -0.131. The maximum Gasteiger partial charge on any atom is 0.308 e. The lowest BCUT2D eigenvalue weighted by atomic mass is 10.1. The van der Waals surface area contributed by atoms with E-state index >= 15 is 0 Å². The Morgan fingerprint density at radius 2 is 1.95 bits per heavy atom. The second-order valence-corrected chi connectivity index (χ2v) is 5.22. The van der Waals surface area contributed by atoms with Gasteiger partial charge in [0.2, 0.25) is 0 Å². The summed E-state index contributed by atoms with van der Waals surface area (Å²) in [6.07, 6.45) is 1.93. The molecule has 0 N–H and O–H groups in total. The van der Waals surface area contributed by atoms with Crippen LogP contribution in [0.5, 0.6) is 11.5 Å². The molecule has 0 heterocycles. The fourth-order valence-corrected chi connectivity index (χ4v) is 1.91. The van der Waals surface area contributed by atoms with Crippen molar-refractivity contribution in [3.8, 4) is 11.5 Å². The van der Waals surface area contributed by atoms with Crippen LogP contribution in [0.1, 0.15) is 31.4 Å². The molecule has 0 spiro atoms. The van der Waals surface area contributed by atoms with Crippen molar-refractivity contribution < 1.29 is 14.3 Å². The summed E-state index contributed by atoms with van der Waals surface area (Å²) < 4.78 is 11.1. The second-order valence-electron chi connectivity index (χ2n) is 5.22. The number of likely N-dealkylation sites (N-methyl/N-ethyl adjacent to an activating group) is 1. The predicted molar refractivity (Wildman–Crippen MR) is 80.5 cm³/mol. The predicted octanol–water partition coefficient (Wildman–Crippen LogP) is 2.81. The van der Waals surface area contributed by atoms with E-state index < -0.39 is 0 Å². The van der Waals surface area contributed by atoms with Gasteiger partial charge in [-0.3, -0.25) is 4.79 Å². The van der Waals surface area contributed by atoms with Gasteiger partial charge in [0.05, 0.1) is 0 Å². The summed E-state index contributed by atoms with van der Waals surface area (Å²) in [7, 11) is 4.04. The fourth-order valence-electron chi connectivity index (χ4n) is 1.91. The van der Waals surface area contributed by atoms with Gasteiger partial charge in [-0.25, -0.2) is 0 Å². The largest absolute Gasteiger partial charge is 0.492 e. The third-order valence-electron chi connectivity index (χ3n) is 2.93.